The molecule has 3 aromatic rings. The van der Waals surface area contributed by atoms with Crippen LogP contribution in [0.3, 0.4) is 0 Å². The molecule has 0 radical (unpaired) electrons. The first-order valence-corrected chi connectivity index (χ1v) is 8.41. The second-order valence-electron chi connectivity index (χ2n) is 5.30. The van der Waals surface area contributed by atoms with Gasteiger partial charge in [0.2, 0.25) is 0 Å². The molecule has 0 saturated carbocycles. The van der Waals surface area contributed by atoms with E-state index in [1.165, 1.54) is 5.56 Å². The summed E-state index contributed by atoms with van der Waals surface area (Å²) in [6.45, 7) is 3.65. The molecule has 3 rings (SSSR count). The van der Waals surface area contributed by atoms with E-state index in [4.69, 9.17) is 9.15 Å². The Balaban J connectivity index is 1.46. The van der Waals surface area contributed by atoms with E-state index in [-0.39, 0.29) is 0 Å². The highest BCUT2D eigenvalue weighted by molar-refractivity contribution is 7.15. The Morgan fingerprint density at radius 3 is 2.70 bits per heavy atom. The number of furan rings is 1. The van der Waals surface area contributed by atoms with Gasteiger partial charge in [0, 0.05) is 12.7 Å². The third-order valence-electron chi connectivity index (χ3n) is 3.56. The SMILES string of the molecule is COc1ccc(CCNCc2ncc(-c3ccc(C)o3)s2)cc1. The fraction of sp³-hybridized carbons (Fsp3) is 0.278. The van der Waals surface area contributed by atoms with Crippen molar-refractivity contribution < 1.29 is 9.15 Å². The van der Waals surface area contributed by atoms with Gasteiger partial charge in [0.15, 0.2) is 0 Å². The lowest BCUT2D eigenvalue weighted by molar-refractivity contribution is 0.414. The maximum atomic E-state index is 5.63. The van der Waals surface area contributed by atoms with Gasteiger partial charge in [-0.05, 0) is 49.7 Å². The van der Waals surface area contributed by atoms with Crippen molar-refractivity contribution in [1.82, 2.24) is 10.3 Å². The standard InChI is InChI=1S/C18H20N2O2S/c1-13-3-8-16(22-13)17-11-20-18(23-17)12-19-10-9-14-4-6-15(21-2)7-5-14/h3-8,11,19H,9-10,12H2,1-2H3. The first-order valence-electron chi connectivity index (χ1n) is 7.60. The lowest BCUT2D eigenvalue weighted by Gasteiger charge is -2.04. The largest absolute Gasteiger partial charge is 0.497 e. The number of ether oxygens (including phenoxy) is 1. The minimum Gasteiger partial charge on any atom is -0.497 e. The van der Waals surface area contributed by atoms with Gasteiger partial charge in [-0.25, -0.2) is 4.98 Å². The molecule has 0 aliphatic carbocycles. The van der Waals surface area contributed by atoms with Crippen LogP contribution >= 0.6 is 11.3 Å². The van der Waals surface area contributed by atoms with Gasteiger partial charge in [-0.2, -0.15) is 0 Å². The molecule has 0 spiro atoms. The molecule has 2 heterocycles. The molecule has 23 heavy (non-hydrogen) atoms. The summed E-state index contributed by atoms with van der Waals surface area (Å²) >= 11 is 1.67. The highest BCUT2D eigenvalue weighted by Gasteiger charge is 2.07. The summed E-state index contributed by atoms with van der Waals surface area (Å²) < 4.78 is 10.8. The number of benzene rings is 1. The summed E-state index contributed by atoms with van der Waals surface area (Å²) in [7, 11) is 1.68. The number of nitrogens with one attached hydrogen (secondary N) is 1. The summed E-state index contributed by atoms with van der Waals surface area (Å²) in [5.74, 6) is 2.71. The number of hydrogen-bond donors (Lipinski definition) is 1. The van der Waals surface area contributed by atoms with Crippen molar-refractivity contribution in [2.45, 2.75) is 19.9 Å². The van der Waals surface area contributed by atoms with Crippen LogP contribution in [0.25, 0.3) is 10.6 Å². The monoisotopic (exact) mass is 328 g/mol. The molecule has 0 unspecified atom stereocenters. The maximum absolute atomic E-state index is 5.63. The number of methoxy groups -OCH3 is 1. The number of rotatable bonds is 7. The van der Waals surface area contributed by atoms with Crippen LogP contribution in [-0.2, 0) is 13.0 Å². The Labute approximate surface area is 140 Å². The van der Waals surface area contributed by atoms with E-state index >= 15 is 0 Å². The van der Waals surface area contributed by atoms with Crippen molar-refractivity contribution in [3.05, 3.63) is 58.9 Å². The van der Waals surface area contributed by atoms with Crippen molar-refractivity contribution in [3.63, 3.8) is 0 Å². The van der Waals surface area contributed by atoms with Gasteiger partial charge in [-0.15, -0.1) is 11.3 Å². The highest BCUT2D eigenvalue weighted by Crippen LogP contribution is 2.27. The number of nitrogens with zero attached hydrogens (tertiary/aromatic N) is 1. The highest BCUT2D eigenvalue weighted by atomic mass is 32.1. The number of aryl methyl sites for hydroxylation is 1. The summed E-state index contributed by atoms with van der Waals surface area (Å²) in [6, 6.07) is 12.1. The van der Waals surface area contributed by atoms with Crippen molar-refractivity contribution in [3.8, 4) is 16.4 Å². The molecule has 0 aliphatic rings. The molecular weight excluding hydrogens is 308 g/mol. The van der Waals surface area contributed by atoms with Gasteiger partial charge >= 0.3 is 0 Å². The number of hydrogen-bond acceptors (Lipinski definition) is 5. The van der Waals surface area contributed by atoms with Crippen molar-refractivity contribution in [1.29, 1.82) is 0 Å². The van der Waals surface area contributed by atoms with Gasteiger partial charge in [-0.1, -0.05) is 12.1 Å². The summed E-state index contributed by atoms with van der Waals surface area (Å²) in [5.41, 5.74) is 1.30. The summed E-state index contributed by atoms with van der Waals surface area (Å²) in [4.78, 5) is 5.52. The first-order chi connectivity index (χ1) is 11.2. The first kappa shape index (κ1) is 15.8. The Hall–Kier alpha value is -2.11. The van der Waals surface area contributed by atoms with Crippen LogP contribution in [0.15, 0.2) is 47.0 Å². The molecule has 1 N–H and O–H groups in total. The summed E-state index contributed by atoms with van der Waals surface area (Å²) in [5, 5.41) is 4.51. The Morgan fingerprint density at radius 1 is 1.17 bits per heavy atom. The Morgan fingerprint density at radius 2 is 2.00 bits per heavy atom. The molecule has 2 aromatic heterocycles. The Bertz CT molecular complexity index is 746. The molecule has 0 bridgehead atoms. The topological polar surface area (TPSA) is 47.3 Å². The van der Waals surface area contributed by atoms with Gasteiger partial charge in [0.1, 0.15) is 22.3 Å². The van der Waals surface area contributed by atoms with E-state index in [2.05, 4.69) is 22.4 Å². The van der Waals surface area contributed by atoms with Gasteiger partial charge in [0.05, 0.1) is 12.0 Å². The third kappa shape index (κ3) is 4.21. The Kier molecular flexibility index (Phi) is 5.10. The van der Waals surface area contributed by atoms with Gasteiger partial charge in [0.25, 0.3) is 0 Å². The van der Waals surface area contributed by atoms with Crippen molar-refractivity contribution in [2.24, 2.45) is 0 Å². The van der Waals surface area contributed by atoms with E-state index in [9.17, 15) is 0 Å². The minimum absolute atomic E-state index is 0.778. The third-order valence-corrected chi connectivity index (χ3v) is 4.57. The normalized spacial score (nSPS) is 10.9. The van der Waals surface area contributed by atoms with E-state index in [0.29, 0.717) is 0 Å². The smallest absolute Gasteiger partial charge is 0.145 e. The van der Waals surface area contributed by atoms with Gasteiger partial charge < -0.3 is 14.5 Å². The van der Waals surface area contributed by atoms with Crippen LogP contribution in [-0.4, -0.2) is 18.6 Å². The average molecular weight is 328 g/mol. The zero-order valence-corrected chi connectivity index (χ0v) is 14.2. The van der Waals surface area contributed by atoms with Crippen LogP contribution in [0.4, 0.5) is 0 Å². The number of thiazole rings is 1. The molecular formula is C18H20N2O2S. The molecule has 0 aliphatic heterocycles. The van der Waals surface area contributed by atoms with Crippen molar-refractivity contribution in [2.75, 3.05) is 13.7 Å². The van der Waals surface area contributed by atoms with Crippen LogP contribution in [0.5, 0.6) is 5.75 Å². The van der Waals surface area contributed by atoms with E-state index in [1.807, 2.05) is 37.4 Å². The van der Waals surface area contributed by atoms with Gasteiger partial charge in [-0.3, -0.25) is 0 Å². The van der Waals surface area contributed by atoms with E-state index in [0.717, 1.165) is 46.7 Å². The predicted octanol–water partition coefficient (Wildman–Crippen LogP) is 4.05. The average Bonchev–Trinajstić information content (AvgIpc) is 3.21. The molecule has 4 nitrogen and oxygen atoms in total. The predicted molar refractivity (Wildman–Crippen MR) is 93.0 cm³/mol. The summed E-state index contributed by atoms with van der Waals surface area (Å²) in [6.07, 6.45) is 2.86. The fourth-order valence-electron chi connectivity index (χ4n) is 2.29. The maximum Gasteiger partial charge on any atom is 0.145 e. The molecule has 0 atom stereocenters. The molecule has 120 valence electrons. The van der Waals surface area contributed by atoms with Crippen LogP contribution < -0.4 is 10.1 Å². The quantitative estimate of drug-likeness (QED) is 0.665. The number of aromatic nitrogens is 1. The van der Waals surface area contributed by atoms with E-state index < -0.39 is 0 Å². The molecule has 0 amide bonds. The van der Waals surface area contributed by atoms with Crippen LogP contribution in [0.1, 0.15) is 16.3 Å². The second kappa shape index (κ2) is 7.44. The van der Waals surface area contributed by atoms with Crippen LogP contribution in [0.2, 0.25) is 0 Å². The zero-order valence-electron chi connectivity index (χ0n) is 13.3. The second-order valence-corrected chi connectivity index (χ2v) is 6.42. The molecule has 0 fully saturated rings. The zero-order chi connectivity index (χ0) is 16.1. The van der Waals surface area contributed by atoms with Crippen molar-refractivity contribution >= 4 is 11.3 Å². The minimum atomic E-state index is 0.778. The molecule has 5 heteroatoms. The lowest BCUT2D eigenvalue weighted by Crippen LogP contribution is -2.16. The van der Waals surface area contributed by atoms with E-state index in [1.54, 1.807) is 18.4 Å². The fourth-order valence-corrected chi connectivity index (χ4v) is 3.14. The van der Waals surface area contributed by atoms with Crippen LogP contribution in [0, 0.1) is 6.92 Å². The molecule has 1 aromatic carbocycles. The molecule has 0 saturated heterocycles. The lowest BCUT2D eigenvalue weighted by atomic mass is 10.1.